The molecule has 23 heavy (non-hydrogen) atoms. The first-order chi connectivity index (χ1) is 11.1. The SMILES string of the molecule is CCCCC/C=C/CCCC1=NCC[N+]1(CC)C(C)NC(C)=O. The maximum absolute atomic E-state index is 11.4. The van der Waals surface area contributed by atoms with Gasteiger partial charge in [-0.15, -0.1) is 0 Å². The Morgan fingerprint density at radius 2 is 1.96 bits per heavy atom. The molecule has 4 heteroatoms. The first-order valence-electron chi connectivity index (χ1n) is 9.39. The smallest absolute Gasteiger partial charge is 0.221 e. The first kappa shape index (κ1) is 19.9. The summed E-state index contributed by atoms with van der Waals surface area (Å²) in [7, 11) is 0. The van der Waals surface area contributed by atoms with Crippen LogP contribution in [0.5, 0.6) is 0 Å². The number of unbranched alkanes of at least 4 members (excludes halogenated alkanes) is 4. The molecule has 132 valence electrons. The molecule has 0 saturated heterocycles. The van der Waals surface area contributed by atoms with Crippen molar-refractivity contribution in [2.24, 2.45) is 4.99 Å². The van der Waals surface area contributed by atoms with Crippen molar-refractivity contribution in [1.29, 1.82) is 0 Å². The molecule has 2 unspecified atom stereocenters. The van der Waals surface area contributed by atoms with Gasteiger partial charge in [0.25, 0.3) is 0 Å². The highest BCUT2D eigenvalue weighted by atomic mass is 16.1. The number of amides is 1. The van der Waals surface area contributed by atoms with Crippen molar-refractivity contribution >= 4 is 11.7 Å². The number of allylic oxidation sites excluding steroid dienone is 2. The zero-order valence-electron chi connectivity index (χ0n) is 15.6. The van der Waals surface area contributed by atoms with E-state index in [2.05, 4.69) is 38.2 Å². The van der Waals surface area contributed by atoms with Gasteiger partial charge in [0.2, 0.25) is 5.91 Å². The van der Waals surface area contributed by atoms with Crippen LogP contribution in [0.2, 0.25) is 0 Å². The second kappa shape index (κ2) is 10.6. The van der Waals surface area contributed by atoms with Crippen LogP contribution in [0.3, 0.4) is 0 Å². The largest absolute Gasteiger partial charge is 0.307 e. The zero-order chi connectivity index (χ0) is 17.1. The molecule has 1 aliphatic heterocycles. The monoisotopic (exact) mass is 322 g/mol. The van der Waals surface area contributed by atoms with Gasteiger partial charge in [0.05, 0.1) is 13.1 Å². The lowest BCUT2D eigenvalue weighted by Gasteiger charge is -2.39. The van der Waals surface area contributed by atoms with Crippen LogP contribution >= 0.6 is 0 Å². The van der Waals surface area contributed by atoms with Gasteiger partial charge in [-0.1, -0.05) is 31.9 Å². The van der Waals surface area contributed by atoms with E-state index in [4.69, 9.17) is 4.99 Å². The number of nitrogens with zero attached hydrogens (tertiary/aromatic N) is 2. The summed E-state index contributed by atoms with van der Waals surface area (Å²) >= 11 is 0. The highest BCUT2D eigenvalue weighted by molar-refractivity contribution is 5.78. The summed E-state index contributed by atoms with van der Waals surface area (Å²) in [4.78, 5) is 16.2. The van der Waals surface area contributed by atoms with Gasteiger partial charge in [-0.3, -0.25) is 9.28 Å². The molecule has 0 bridgehead atoms. The molecule has 2 atom stereocenters. The lowest BCUT2D eigenvalue weighted by molar-refractivity contribution is -0.861. The summed E-state index contributed by atoms with van der Waals surface area (Å²) in [6.07, 6.45) is 13.2. The van der Waals surface area contributed by atoms with E-state index in [9.17, 15) is 4.79 Å². The number of rotatable bonds is 11. The summed E-state index contributed by atoms with van der Waals surface area (Å²) in [5, 5.41) is 3.08. The molecule has 0 aromatic rings. The number of hydrogen-bond acceptors (Lipinski definition) is 2. The summed E-state index contributed by atoms with van der Waals surface area (Å²) in [5.74, 6) is 1.32. The van der Waals surface area contributed by atoms with Crippen molar-refractivity contribution in [3.05, 3.63) is 12.2 Å². The van der Waals surface area contributed by atoms with Gasteiger partial charge in [0, 0.05) is 20.3 Å². The van der Waals surface area contributed by atoms with E-state index in [1.165, 1.54) is 31.5 Å². The van der Waals surface area contributed by atoms with E-state index >= 15 is 0 Å². The van der Waals surface area contributed by atoms with E-state index in [0.29, 0.717) is 0 Å². The molecule has 0 saturated carbocycles. The second-order valence-corrected chi connectivity index (χ2v) is 6.61. The third-order valence-corrected chi connectivity index (χ3v) is 4.94. The third kappa shape index (κ3) is 6.09. The Kier molecular flexibility index (Phi) is 9.15. The normalized spacial score (nSPS) is 22.3. The van der Waals surface area contributed by atoms with E-state index in [-0.39, 0.29) is 12.1 Å². The van der Waals surface area contributed by atoms with Crippen molar-refractivity contribution in [2.75, 3.05) is 19.6 Å². The van der Waals surface area contributed by atoms with Gasteiger partial charge < -0.3 is 5.32 Å². The fraction of sp³-hybridized carbons (Fsp3) is 0.789. The molecule has 0 aromatic heterocycles. The minimum atomic E-state index is 0.0460. The van der Waals surface area contributed by atoms with Crippen LogP contribution in [-0.4, -0.2) is 42.0 Å². The second-order valence-electron chi connectivity index (χ2n) is 6.61. The Morgan fingerprint density at radius 3 is 2.57 bits per heavy atom. The zero-order valence-corrected chi connectivity index (χ0v) is 15.6. The summed E-state index contributed by atoms with van der Waals surface area (Å²) in [5.41, 5.74) is 0. The van der Waals surface area contributed by atoms with Gasteiger partial charge in [-0.25, -0.2) is 4.99 Å². The highest BCUT2D eigenvalue weighted by Gasteiger charge is 2.41. The molecular formula is C19H36N3O+. The molecule has 0 spiro atoms. The Balaban J connectivity index is 2.43. The fourth-order valence-corrected chi connectivity index (χ4v) is 3.50. The average molecular weight is 323 g/mol. The Labute approximate surface area is 142 Å². The van der Waals surface area contributed by atoms with Crippen LogP contribution in [-0.2, 0) is 4.79 Å². The quantitative estimate of drug-likeness (QED) is 0.348. The number of hydrogen-bond donors (Lipinski definition) is 1. The van der Waals surface area contributed by atoms with Crippen LogP contribution in [0.15, 0.2) is 17.1 Å². The topological polar surface area (TPSA) is 41.5 Å². The van der Waals surface area contributed by atoms with Crippen LogP contribution in [0, 0.1) is 0 Å². The summed E-state index contributed by atoms with van der Waals surface area (Å²) < 4.78 is 0.833. The molecule has 1 amide bonds. The molecule has 1 N–H and O–H groups in total. The first-order valence-corrected chi connectivity index (χ1v) is 9.39. The maximum Gasteiger partial charge on any atom is 0.221 e. The van der Waals surface area contributed by atoms with E-state index in [1.54, 1.807) is 6.92 Å². The maximum atomic E-state index is 11.4. The number of amidine groups is 1. The predicted molar refractivity (Wildman–Crippen MR) is 98.4 cm³/mol. The van der Waals surface area contributed by atoms with Crippen molar-refractivity contribution in [3.63, 3.8) is 0 Å². The van der Waals surface area contributed by atoms with E-state index < -0.39 is 0 Å². The Morgan fingerprint density at radius 1 is 1.26 bits per heavy atom. The molecule has 0 aliphatic carbocycles. The molecule has 1 rings (SSSR count). The van der Waals surface area contributed by atoms with Crippen LogP contribution in [0.4, 0.5) is 0 Å². The van der Waals surface area contributed by atoms with Crippen molar-refractivity contribution in [3.8, 4) is 0 Å². The highest BCUT2D eigenvalue weighted by Crippen LogP contribution is 2.22. The lowest BCUT2D eigenvalue weighted by atomic mass is 10.1. The van der Waals surface area contributed by atoms with Gasteiger partial charge >= 0.3 is 0 Å². The van der Waals surface area contributed by atoms with Gasteiger partial charge in [-0.05, 0) is 32.6 Å². The number of nitrogens with one attached hydrogen (secondary N) is 1. The van der Waals surface area contributed by atoms with E-state index in [0.717, 1.165) is 43.4 Å². The van der Waals surface area contributed by atoms with Gasteiger partial charge in [-0.2, -0.15) is 0 Å². The molecular weight excluding hydrogens is 286 g/mol. The minimum Gasteiger partial charge on any atom is -0.307 e. The van der Waals surface area contributed by atoms with Crippen LogP contribution < -0.4 is 5.32 Å². The molecule has 0 fully saturated rings. The predicted octanol–water partition coefficient (Wildman–Crippen LogP) is 4.02. The van der Waals surface area contributed by atoms with E-state index in [1.807, 2.05) is 0 Å². The minimum absolute atomic E-state index is 0.0460. The number of carbonyl (C=O) groups is 1. The van der Waals surface area contributed by atoms with Gasteiger partial charge in [0.15, 0.2) is 12.0 Å². The molecule has 1 heterocycles. The van der Waals surface area contributed by atoms with Gasteiger partial charge in [0.1, 0.15) is 6.54 Å². The lowest BCUT2D eigenvalue weighted by Crippen LogP contribution is -2.62. The average Bonchev–Trinajstić information content (AvgIpc) is 2.93. The third-order valence-electron chi connectivity index (χ3n) is 4.94. The number of aliphatic imine (C=N–C) groups is 1. The van der Waals surface area contributed by atoms with Crippen molar-refractivity contribution in [1.82, 2.24) is 5.32 Å². The van der Waals surface area contributed by atoms with Crippen LogP contribution in [0.1, 0.15) is 72.6 Å². The van der Waals surface area contributed by atoms with Crippen molar-refractivity contribution < 1.29 is 9.28 Å². The summed E-state index contributed by atoms with van der Waals surface area (Å²) in [6, 6.07) is 0. The fourth-order valence-electron chi connectivity index (χ4n) is 3.50. The molecule has 1 aliphatic rings. The Bertz CT molecular complexity index is 417. The van der Waals surface area contributed by atoms with Crippen molar-refractivity contribution in [2.45, 2.75) is 78.8 Å². The number of carbonyl (C=O) groups excluding carboxylic acids is 1. The molecule has 0 aromatic carbocycles. The Hall–Kier alpha value is -1.16. The summed E-state index contributed by atoms with van der Waals surface area (Å²) in [6.45, 7) is 11.0. The van der Waals surface area contributed by atoms with Crippen LogP contribution in [0.25, 0.3) is 0 Å². The standard InChI is InChI=1S/C19H35N3O/c1-5-7-8-9-10-11-12-13-14-19-20-15-16-22(19,6-2)17(3)21-18(4)23/h10-11,17H,5-9,12-16H2,1-4H3/p+1/b11-10+. The number of likely N-dealkylation sites (N-methyl/N-ethyl adjacent to an activating group) is 1. The number of quaternary nitrogens is 1. The molecule has 4 nitrogen and oxygen atoms in total. The molecule has 0 radical (unpaired) electrons.